The highest BCUT2D eigenvalue weighted by Gasteiger charge is 2.13. The summed E-state index contributed by atoms with van der Waals surface area (Å²) in [6.45, 7) is 3.57. The van der Waals surface area contributed by atoms with Gasteiger partial charge in [0.05, 0.1) is 4.92 Å². The molecule has 0 fully saturated rings. The zero-order valence-corrected chi connectivity index (χ0v) is 9.77. The van der Waals surface area contributed by atoms with Crippen molar-refractivity contribution in [3.05, 3.63) is 46.0 Å². The standard InChI is InChI=1S/C12H14N2O3/c1-3-5-12(15)13-10-7-6-9(4-2)11(8-10)14(16)17/h3,5-8H,4H2,1-2H3,(H,13,15)/b5-3+. The number of rotatable bonds is 4. The Labute approximate surface area is 99.3 Å². The van der Waals surface area contributed by atoms with Gasteiger partial charge in [0.25, 0.3) is 5.69 Å². The van der Waals surface area contributed by atoms with Gasteiger partial charge in [0.15, 0.2) is 0 Å². The monoisotopic (exact) mass is 234 g/mol. The van der Waals surface area contributed by atoms with E-state index in [1.165, 1.54) is 12.1 Å². The van der Waals surface area contributed by atoms with Crippen molar-refractivity contribution in [3.8, 4) is 0 Å². The Morgan fingerprint density at radius 3 is 2.76 bits per heavy atom. The number of nitro groups is 1. The zero-order chi connectivity index (χ0) is 12.8. The number of hydrogen-bond donors (Lipinski definition) is 1. The molecule has 0 atom stereocenters. The molecule has 90 valence electrons. The highest BCUT2D eigenvalue weighted by molar-refractivity contribution is 5.99. The number of nitrogens with zero attached hydrogens (tertiary/aromatic N) is 1. The van der Waals surface area contributed by atoms with Crippen LogP contribution in [0.1, 0.15) is 19.4 Å². The first-order chi connectivity index (χ1) is 8.08. The molecule has 5 heteroatoms. The van der Waals surface area contributed by atoms with E-state index in [1.807, 2.05) is 6.92 Å². The molecule has 0 aromatic heterocycles. The van der Waals surface area contributed by atoms with E-state index in [4.69, 9.17) is 0 Å². The molecule has 1 rings (SSSR count). The number of aryl methyl sites for hydroxylation is 1. The maximum atomic E-state index is 11.3. The molecule has 5 nitrogen and oxygen atoms in total. The highest BCUT2D eigenvalue weighted by Crippen LogP contribution is 2.23. The molecule has 0 aliphatic heterocycles. The van der Waals surface area contributed by atoms with E-state index in [0.29, 0.717) is 17.7 Å². The number of nitrogens with one attached hydrogen (secondary N) is 1. The predicted octanol–water partition coefficient (Wildman–Crippen LogP) is 2.67. The fraction of sp³-hybridized carbons (Fsp3) is 0.250. The topological polar surface area (TPSA) is 72.2 Å². The molecule has 0 spiro atoms. The number of nitro benzene ring substituents is 1. The maximum Gasteiger partial charge on any atom is 0.274 e. The van der Waals surface area contributed by atoms with Crippen LogP contribution in [0.4, 0.5) is 11.4 Å². The number of allylic oxidation sites excluding steroid dienone is 1. The zero-order valence-electron chi connectivity index (χ0n) is 9.77. The Morgan fingerprint density at radius 2 is 2.24 bits per heavy atom. The quantitative estimate of drug-likeness (QED) is 0.494. The lowest BCUT2D eigenvalue weighted by molar-refractivity contribution is -0.385. The fourth-order valence-electron chi connectivity index (χ4n) is 1.45. The predicted molar refractivity (Wildman–Crippen MR) is 65.9 cm³/mol. The number of hydrogen-bond acceptors (Lipinski definition) is 3. The number of amides is 1. The van der Waals surface area contributed by atoms with Crippen LogP contribution in [0.3, 0.4) is 0 Å². The molecular formula is C12H14N2O3. The minimum absolute atomic E-state index is 0.0331. The van der Waals surface area contributed by atoms with Crippen LogP contribution < -0.4 is 5.32 Å². The summed E-state index contributed by atoms with van der Waals surface area (Å²) in [5.74, 6) is -0.300. The summed E-state index contributed by atoms with van der Waals surface area (Å²) in [4.78, 5) is 21.7. The van der Waals surface area contributed by atoms with Gasteiger partial charge in [0.1, 0.15) is 0 Å². The molecule has 0 radical (unpaired) electrons. The lowest BCUT2D eigenvalue weighted by atomic mass is 10.1. The summed E-state index contributed by atoms with van der Waals surface area (Å²) in [7, 11) is 0. The van der Waals surface area contributed by atoms with Gasteiger partial charge in [0.2, 0.25) is 5.91 Å². The second-order valence-electron chi connectivity index (χ2n) is 3.44. The van der Waals surface area contributed by atoms with Gasteiger partial charge < -0.3 is 5.32 Å². The van der Waals surface area contributed by atoms with Gasteiger partial charge in [-0.3, -0.25) is 14.9 Å². The van der Waals surface area contributed by atoms with Gasteiger partial charge in [-0.2, -0.15) is 0 Å². The summed E-state index contributed by atoms with van der Waals surface area (Å²) < 4.78 is 0. The summed E-state index contributed by atoms with van der Waals surface area (Å²) in [6.07, 6.45) is 3.54. The molecule has 0 aliphatic carbocycles. The molecule has 0 heterocycles. The van der Waals surface area contributed by atoms with E-state index >= 15 is 0 Å². The van der Waals surface area contributed by atoms with Crippen LogP contribution in [0.25, 0.3) is 0 Å². The fourth-order valence-corrected chi connectivity index (χ4v) is 1.45. The van der Waals surface area contributed by atoms with E-state index < -0.39 is 4.92 Å². The Hall–Kier alpha value is -2.17. The second-order valence-corrected chi connectivity index (χ2v) is 3.44. The van der Waals surface area contributed by atoms with Crippen molar-refractivity contribution in [2.45, 2.75) is 20.3 Å². The molecule has 17 heavy (non-hydrogen) atoms. The smallest absolute Gasteiger partial charge is 0.274 e. The first kappa shape index (κ1) is 12.9. The normalized spacial score (nSPS) is 10.5. The number of anilines is 1. The second kappa shape index (κ2) is 5.79. The van der Waals surface area contributed by atoms with Crippen LogP contribution in [0.15, 0.2) is 30.4 Å². The van der Waals surface area contributed by atoms with Crippen molar-refractivity contribution in [2.24, 2.45) is 0 Å². The lowest BCUT2D eigenvalue weighted by Crippen LogP contribution is -2.08. The van der Waals surface area contributed by atoms with Crippen molar-refractivity contribution >= 4 is 17.3 Å². The van der Waals surface area contributed by atoms with Gasteiger partial charge in [0, 0.05) is 17.3 Å². The molecule has 0 unspecified atom stereocenters. The van der Waals surface area contributed by atoms with Crippen molar-refractivity contribution < 1.29 is 9.72 Å². The lowest BCUT2D eigenvalue weighted by Gasteiger charge is -2.04. The van der Waals surface area contributed by atoms with E-state index in [9.17, 15) is 14.9 Å². The van der Waals surface area contributed by atoms with Crippen LogP contribution in [0, 0.1) is 10.1 Å². The number of carbonyl (C=O) groups is 1. The van der Waals surface area contributed by atoms with Gasteiger partial charge in [-0.1, -0.05) is 19.1 Å². The largest absolute Gasteiger partial charge is 0.322 e. The summed E-state index contributed by atoms with van der Waals surface area (Å²) in [5, 5.41) is 13.4. The summed E-state index contributed by atoms with van der Waals surface area (Å²) in [5.41, 5.74) is 1.11. The first-order valence-electron chi connectivity index (χ1n) is 5.29. The number of benzene rings is 1. The minimum atomic E-state index is -0.440. The minimum Gasteiger partial charge on any atom is -0.322 e. The summed E-state index contributed by atoms with van der Waals surface area (Å²) in [6, 6.07) is 4.69. The molecular weight excluding hydrogens is 220 g/mol. The average molecular weight is 234 g/mol. The van der Waals surface area contributed by atoms with Crippen LogP contribution in [0.5, 0.6) is 0 Å². The third kappa shape index (κ3) is 3.41. The van der Waals surface area contributed by atoms with Gasteiger partial charge in [-0.15, -0.1) is 0 Å². The Morgan fingerprint density at radius 1 is 1.53 bits per heavy atom. The first-order valence-corrected chi connectivity index (χ1v) is 5.29. The summed E-state index contributed by atoms with van der Waals surface area (Å²) >= 11 is 0. The molecule has 0 bridgehead atoms. The third-order valence-corrected chi connectivity index (χ3v) is 2.25. The van der Waals surface area contributed by atoms with Crippen molar-refractivity contribution in [3.63, 3.8) is 0 Å². The van der Waals surface area contributed by atoms with Crippen LogP contribution in [-0.2, 0) is 11.2 Å². The Kier molecular flexibility index (Phi) is 4.39. The van der Waals surface area contributed by atoms with E-state index in [2.05, 4.69) is 5.32 Å². The van der Waals surface area contributed by atoms with Crippen LogP contribution in [0.2, 0.25) is 0 Å². The Bertz CT molecular complexity index is 467. The molecule has 1 aromatic carbocycles. The average Bonchev–Trinajstić information content (AvgIpc) is 2.29. The van der Waals surface area contributed by atoms with Crippen molar-refractivity contribution in [2.75, 3.05) is 5.32 Å². The SMILES string of the molecule is C/C=C/C(=O)Nc1ccc(CC)c([N+](=O)[O-])c1. The van der Waals surface area contributed by atoms with E-state index in [-0.39, 0.29) is 11.6 Å². The molecule has 1 aromatic rings. The molecule has 0 aliphatic rings. The number of carbonyl (C=O) groups excluding carboxylic acids is 1. The maximum absolute atomic E-state index is 11.3. The Balaban J connectivity index is 3.00. The van der Waals surface area contributed by atoms with Crippen molar-refractivity contribution in [1.29, 1.82) is 0 Å². The van der Waals surface area contributed by atoms with Crippen LogP contribution >= 0.6 is 0 Å². The highest BCUT2D eigenvalue weighted by atomic mass is 16.6. The van der Waals surface area contributed by atoms with Gasteiger partial charge in [-0.25, -0.2) is 0 Å². The molecule has 0 saturated carbocycles. The molecule has 1 amide bonds. The van der Waals surface area contributed by atoms with E-state index in [1.54, 1.807) is 25.1 Å². The van der Waals surface area contributed by atoms with Crippen molar-refractivity contribution in [1.82, 2.24) is 0 Å². The van der Waals surface area contributed by atoms with Gasteiger partial charge >= 0.3 is 0 Å². The van der Waals surface area contributed by atoms with Gasteiger partial charge in [-0.05, 0) is 25.5 Å². The molecule has 1 N–H and O–H groups in total. The third-order valence-electron chi connectivity index (χ3n) is 2.25. The van der Waals surface area contributed by atoms with Crippen LogP contribution in [-0.4, -0.2) is 10.8 Å². The van der Waals surface area contributed by atoms with E-state index in [0.717, 1.165) is 0 Å². The molecule has 0 saturated heterocycles.